The molecule has 2 aliphatic rings. The van der Waals surface area contributed by atoms with Gasteiger partial charge in [-0.3, -0.25) is 0 Å². The van der Waals surface area contributed by atoms with Gasteiger partial charge in [0.1, 0.15) is 11.4 Å². The van der Waals surface area contributed by atoms with Gasteiger partial charge in [-0.05, 0) is 42.2 Å². The summed E-state index contributed by atoms with van der Waals surface area (Å²) in [6.45, 7) is 14.3. The third-order valence-corrected chi connectivity index (χ3v) is 10.4. The van der Waals surface area contributed by atoms with Crippen LogP contribution in [0.4, 0.5) is 0 Å². The second kappa shape index (κ2) is 8.66. The fourth-order valence-electron chi connectivity index (χ4n) is 6.59. The summed E-state index contributed by atoms with van der Waals surface area (Å²) in [4.78, 5) is 0. The lowest BCUT2D eigenvalue weighted by atomic mass is 9.47. The van der Waals surface area contributed by atoms with Gasteiger partial charge in [0.05, 0.1) is 33.6 Å². The number of benzene rings is 1. The van der Waals surface area contributed by atoms with Crippen LogP contribution in [0.3, 0.4) is 0 Å². The number of methoxy groups -OCH3 is 2. The second-order valence-corrected chi connectivity index (χ2v) is 16.6. The van der Waals surface area contributed by atoms with Crippen LogP contribution in [0.15, 0.2) is 42.2 Å². The first-order chi connectivity index (χ1) is 14.4. The molecular weight excluding hydrogens is 404 g/mol. The number of hydrogen-bond donors (Lipinski definition) is 1. The summed E-state index contributed by atoms with van der Waals surface area (Å²) in [5, 5.41) is 12.5. The molecule has 2 aliphatic carbocycles. The molecule has 0 heterocycles. The molecule has 0 aromatic heterocycles. The third-order valence-electron chi connectivity index (χ3n) is 8.12. The Hall–Kier alpha value is -1.14. The smallest absolute Gasteiger partial charge is 0.150 e. The van der Waals surface area contributed by atoms with Crippen LogP contribution in [0.2, 0.25) is 19.6 Å². The van der Waals surface area contributed by atoms with Crippen molar-refractivity contribution in [2.45, 2.75) is 83.7 Å². The molecule has 0 radical (unpaired) electrons. The van der Waals surface area contributed by atoms with Crippen LogP contribution >= 0.6 is 0 Å². The SMILES string of the molecule is COC1=CC[C@H]2C(C)(C)[C@H](OCc3ccccc3)CC[C@]2(C)C1(O)C(OC)[Si](C)(C)C. The fourth-order valence-corrected chi connectivity index (χ4v) is 9.02. The van der Waals surface area contributed by atoms with Crippen molar-refractivity contribution >= 4 is 8.07 Å². The molecule has 4 nitrogen and oxygen atoms in total. The average Bonchev–Trinajstić information content (AvgIpc) is 2.69. The minimum Gasteiger partial charge on any atom is -0.498 e. The molecule has 0 saturated heterocycles. The summed E-state index contributed by atoms with van der Waals surface area (Å²) >= 11 is 0. The Morgan fingerprint density at radius 1 is 1.10 bits per heavy atom. The van der Waals surface area contributed by atoms with Crippen LogP contribution in [0.25, 0.3) is 0 Å². The normalized spacial score (nSPS) is 33.9. The van der Waals surface area contributed by atoms with Crippen molar-refractivity contribution in [2.24, 2.45) is 16.7 Å². The van der Waals surface area contributed by atoms with Crippen LogP contribution in [-0.2, 0) is 20.8 Å². The highest BCUT2D eigenvalue weighted by atomic mass is 28.3. The molecule has 3 rings (SSSR count). The topological polar surface area (TPSA) is 47.9 Å². The Morgan fingerprint density at radius 3 is 2.29 bits per heavy atom. The van der Waals surface area contributed by atoms with Gasteiger partial charge in [0.15, 0.2) is 0 Å². The van der Waals surface area contributed by atoms with Crippen LogP contribution in [0.1, 0.15) is 45.6 Å². The van der Waals surface area contributed by atoms with Crippen molar-refractivity contribution in [1.82, 2.24) is 0 Å². The molecule has 5 heteroatoms. The first kappa shape index (κ1) is 24.5. The van der Waals surface area contributed by atoms with Crippen LogP contribution in [-0.4, -0.2) is 44.8 Å². The van der Waals surface area contributed by atoms with Crippen molar-refractivity contribution in [3.63, 3.8) is 0 Å². The van der Waals surface area contributed by atoms with Gasteiger partial charge in [-0.15, -0.1) is 0 Å². The number of hydrogen-bond acceptors (Lipinski definition) is 4. The van der Waals surface area contributed by atoms with E-state index in [1.165, 1.54) is 5.56 Å². The number of rotatable bonds is 7. The Labute approximate surface area is 190 Å². The van der Waals surface area contributed by atoms with Crippen molar-refractivity contribution in [3.8, 4) is 0 Å². The van der Waals surface area contributed by atoms with Crippen molar-refractivity contribution in [3.05, 3.63) is 47.7 Å². The maximum Gasteiger partial charge on any atom is 0.150 e. The molecule has 31 heavy (non-hydrogen) atoms. The summed E-state index contributed by atoms with van der Waals surface area (Å²) in [6.07, 6.45) is 4.92. The predicted molar refractivity (Wildman–Crippen MR) is 128 cm³/mol. The summed E-state index contributed by atoms with van der Waals surface area (Å²) < 4.78 is 18.4. The zero-order valence-corrected chi connectivity index (χ0v) is 21.7. The third kappa shape index (κ3) is 4.03. The monoisotopic (exact) mass is 446 g/mol. The Balaban J connectivity index is 1.96. The molecule has 0 amide bonds. The largest absolute Gasteiger partial charge is 0.498 e. The van der Waals surface area contributed by atoms with E-state index in [4.69, 9.17) is 14.2 Å². The molecule has 5 atom stereocenters. The fraction of sp³-hybridized carbons (Fsp3) is 0.692. The van der Waals surface area contributed by atoms with E-state index in [9.17, 15) is 5.11 Å². The number of aliphatic hydroxyl groups is 1. The van der Waals surface area contributed by atoms with E-state index in [0.29, 0.717) is 12.4 Å². The van der Waals surface area contributed by atoms with E-state index >= 15 is 0 Å². The predicted octanol–water partition coefficient (Wildman–Crippen LogP) is 5.57. The molecule has 0 bridgehead atoms. The van der Waals surface area contributed by atoms with Crippen molar-refractivity contribution < 1.29 is 19.3 Å². The molecule has 1 aromatic carbocycles. The van der Waals surface area contributed by atoms with E-state index < -0.39 is 13.7 Å². The Morgan fingerprint density at radius 2 is 1.74 bits per heavy atom. The van der Waals surface area contributed by atoms with Gasteiger partial charge >= 0.3 is 0 Å². The second-order valence-electron chi connectivity index (χ2n) is 11.4. The maximum atomic E-state index is 12.5. The summed E-state index contributed by atoms with van der Waals surface area (Å²) in [5.41, 5.74) is -0.651. The lowest BCUT2D eigenvalue weighted by molar-refractivity contribution is -0.224. The molecule has 1 aromatic rings. The summed E-state index contributed by atoms with van der Waals surface area (Å²) in [5.74, 6) is 0.937. The average molecular weight is 447 g/mol. The first-order valence-corrected chi connectivity index (χ1v) is 15.2. The molecule has 1 saturated carbocycles. The number of ether oxygens (including phenoxy) is 3. The minimum atomic E-state index is -1.87. The van der Waals surface area contributed by atoms with Gasteiger partial charge in [0.2, 0.25) is 0 Å². The summed E-state index contributed by atoms with van der Waals surface area (Å²) in [7, 11) is 1.54. The van der Waals surface area contributed by atoms with E-state index in [2.05, 4.69) is 70.8 Å². The quantitative estimate of drug-likeness (QED) is 0.556. The van der Waals surface area contributed by atoms with E-state index in [0.717, 1.165) is 19.3 Å². The van der Waals surface area contributed by atoms with Crippen LogP contribution in [0, 0.1) is 16.7 Å². The molecular formula is C26H42O4Si. The molecule has 0 spiro atoms. The number of allylic oxidation sites excluding steroid dienone is 1. The molecule has 174 valence electrons. The molecule has 0 aliphatic heterocycles. The Kier molecular flexibility index (Phi) is 6.84. The highest BCUT2D eigenvalue weighted by molar-refractivity contribution is 6.77. The van der Waals surface area contributed by atoms with Gasteiger partial charge in [-0.25, -0.2) is 0 Å². The van der Waals surface area contributed by atoms with Gasteiger partial charge in [0, 0.05) is 12.5 Å². The zero-order chi connectivity index (χ0) is 23.1. The summed E-state index contributed by atoms with van der Waals surface area (Å²) in [6, 6.07) is 10.4. The Bertz CT molecular complexity index is 784. The number of fused-ring (bicyclic) bond motifs is 1. The van der Waals surface area contributed by atoms with Gasteiger partial charge in [-0.1, -0.05) is 70.7 Å². The maximum absolute atomic E-state index is 12.5. The van der Waals surface area contributed by atoms with E-state index in [-0.39, 0.29) is 28.6 Å². The lowest BCUT2D eigenvalue weighted by Crippen LogP contribution is -2.71. The lowest BCUT2D eigenvalue weighted by Gasteiger charge is -2.64. The highest BCUT2D eigenvalue weighted by Gasteiger charge is 2.67. The van der Waals surface area contributed by atoms with Gasteiger partial charge in [-0.2, -0.15) is 0 Å². The highest BCUT2D eigenvalue weighted by Crippen LogP contribution is 2.63. The van der Waals surface area contributed by atoms with Crippen molar-refractivity contribution in [2.75, 3.05) is 14.2 Å². The molecule has 2 unspecified atom stereocenters. The minimum absolute atomic E-state index is 0.0940. The van der Waals surface area contributed by atoms with Gasteiger partial charge in [0.25, 0.3) is 0 Å². The van der Waals surface area contributed by atoms with Crippen LogP contribution in [0.5, 0.6) is 0 Å². The zero-order valence-electron chi connectivity index (χ0n) is 20.7. The molecule has 1 N–H and O–H groups in total. The van der Waals surface area contributed by atoms with E-state index in [1.54, 1.807) is 14.2 Å². The van der Waals surface area contributed by atoms with E-state index in [1.807, 2.05) is 6.07 Å². The van der Waals surface area contributed by atoms with Crippen LogP contribution < -0.4 is 0 Å². The first-order valence-electron chi connectivity index (χ1n) is 11.6. The molecule has 1 fully saturated rings. The standard InChI is InChI=1S/C26H42O4Si/c1-24(2)20-14-15-22(28-4)26(27,23(29-5)31(6,7)8)25(20,3)17-16-21(24)30-18-19-12-10-9-11-13-19/h9-13,15,20-21,23,27H,14,16-18H2,1-8H3/t20-,21+,23?,25-,26?/m0/s1. The van der Waals surface area contributed by atoms with Crippen molar-refractivity contribution in [1.29, 1.82) is 0 Å². The van der Waals surface area contributed by atoms with Gasteiger partial charge < -0.3 is 19.3 Å².